The summed E-state index contributed by atoms with van der Waals surface area (Å²) in [7, 11) is 0. The first-order valence-electron chi connectivity index (χ1n) is 20.8. The molecule has 0 fully saturated rings. The fraction of sp³-hybridized carbons (Fsp3) is 0.367. The van der Waals surface area contributed by atoms with Crippen molar-refractivity contribution in [2.75, 3.05) is 26.3 Å². The minimum atomic E-state index is -0.765. The summed E-state index contributed by atoms with van der Waals surface area (Å²) in [5.41, 5.74) is 5.62. The predicted octanol–water partition coefficient (Wildman–Crippen LogP) is 8.66. The van der Waals surface area contributed by atoms with Crippen molar-refractivity contribution < 1.29 is 38.7 Å². The number of amides is 2. The van der Waals surface area contributed by atoms with E-state index in [0.717, 1.165) is 27.8 Å². The van der Waals surface area contributed by atoms with Crippen molar-refractivity contribution >= 4 is 23.8 Å². The number of aliphatic hydroxyl groups excluding tert-OH is 2. The average molecular weight is 894 g/mol. The third-order valence-electron chi connectivity index (χ3n) is 9.88. The number of benzene rings is 3. The number of hydrogen-bond acceptors (Lipinski definition) is 11. The van der Waals surface area contributed by atoms with Crippen molar-refractivity contribution in [1.29, 1.82) is 5.26 Å². The number of nitrogens with zero attached hydrogens (tertiary/aromatic N) is 5. The maximum atomic E-state index is 13.6. The van der Waals surface area contributed by atoms with E-state index >= 15 is 0 Å². The van der Waals surface area contributed by atoms with E-state index in [0.29, 0.717) is 39.4 Å². The number of aliphatic hydroxyl groups is 2. The molecule has 0 atom stereocenters. The molecule has 5 rings (SSSR count). The molecule has 0 saturated carbocycles. The van der Waals surface area contributed by atoms with Gasteiger partial charge in [-0.05, 0) is 113 Å². The maximum absolute atomic E-state index is 13.6. The monoisotopic (exact) mass is 893 g/mol. The number of aromatic nitrogens is 2. The van der Waals surface area contributed by atoms with Crippen LogP contribution in [0.4, 0.5) is 9.59 Å². The Morgan fingerprint density at radius 2 is 1.36 bits per heavy atom. The smallest absolute Gasteiger partial charge is 0.410 e. The number of nitriles is 1. The van der Waals surface area contributed by atoms with E-state index in [9.17, 15) is 29.9 Å². The van der Waals surface area contributed by atoms with Crippen molar-refractivity contribution in [1.82, 2.24) is 19.4 Å². The van der Waals surface area contributed by atoms with Crippen LogP contribution in [0.3, 0.4) is 0 Å². The van der Waals surface area contributed by atoms with E-state index in [2.05, 4.69) is 11.1 Å². The first-order valence-corrected chi connectivity index (χ1v) is 21.2. The number of ether oxygens (including phenoxy) is 4. The van der Waals surface area contributed by atoms with E-state index in [-0.39, 0.29) is 63.2 Å². The summed E-state index contributed by atoms with van der Waals surface area (Å²) in [4.78, 5) is 46.4. The van der Waals surface area contributed by atoms with Gasteiger partial charge in [-0.1, -0.05) is 41.9 Å². The van der Waals surface area contributed by atoms with Crippen LogP contribution in [0.25, 0.3) is 16.8 Å². The zero-order valence-corrected chi connectivity index (χ0v) is 38.4. The van der Waals surface area contributed by atoms with Gasteiger partial charge in [0.15, 0.2) is 0 Å². The second-order valence-electron chi connectivity index (χ2n) is 17.2. The summed E-state index contributed by atoms with van der Waals surface area (Å²) in [5, 5.41) is 29.1. The summed E-state index contributed by atoms with van der Waals surface area (Å²) in [6, 6.07) is 22.0. The van der Waals surface area contributed by atoms with Crippen molar-refractivity contribution in [2.24, 2.45) is 0 Å². The summed E-state index contributed by atoms with van der Waals surface area (Å²) < 4.78 is 25.3. The lowest BCUT2D eigenvalue weighted by Gasteiger charge is -2.28. The van der Waals surface area contributed by atoms with Gasteiger partial charge >= 0.3 is 12.2 Å². The summed E-state index contributed by atoms with van der Waals surface area (Å²) in [5.74, 6) is 0.687. The molecule has 3 aromatic carbocycles. The van der Waals surface area contributed by atoms with Gasteiger partial charge in [0, 0.05) is 61.5 Å². The van der Waals surface area contributed by atoms with E-state index in [1.54, 1.807) is 82.8 Å². The lowest BCUT2D eigenvalue weighted by atomic mass is 9.93. The molecule has 0 aliphatic carbocycles. The summed E-state index contributed by atoms with van der Waals surface area (Å²) in [6.45, 7) is 14.3. The van der Waals surface area contributed by atoms with Gasteiger partial charge in [-0.15, -0.1) is 0 Å². The molecule has 64 heavy (non-hydrogen) atoms. The Labute approximate surface area is 379 Å². The molecule has 14 nitrogen and oxygen atoms in total. The lowest BCUT2D eigenvalue weighted by Crippen LogP contribution is -2.38. The second kappa shape index (κ2) is 21.3. The number of halogens is 1. The molecule has 0 bridgehead atoms. The second-order valence-corrected chi connectivity index (χ2v) is 17.6. The quantitative estimate of drug-likeness (QED) is 0.0969. The molecule has 2 heterocycles. The Morgan fingerprint density at radius 3 is 1.97 bits per heavy atom. The van der Waals surface area contributed by atoms with Crippen LogP contribution in [0.5, 0.6) is 11.5 Å². The molecule has 0 spiro atoms. The van der Waals surface area contributed by atoms with Crippen molar-refractivity contribution in [2.45, 2.75) is 92.9 Å². The highest BCUT2D eigenvalue weighted by Crippen LogP contribution is 2.36. The van der Waals surface area contributed by atoms with Gasteiger partial charge in [0.25, 0.3) is 5.56 Å². The molecule has 0 aliphatic rings. The Bertz CT molecular complexity index is 2560. The Hall–Kier alpha value is -6.40. The molecule has 2 aromatic heterocycles. The molecule has 0 radical (unpaired) electrons. The third kappa shape index (κ3) is 13.1. The van der Waals surface area contributed by atoms with E-state index in [4.69, 9.17) is 30.5 Å². The highest BCUT2D eigenvalue weighted by atomic mass is 35.5. The SMILES string of the molecule is Cc1c(COc2cc(OCc3cncc(C#N)c3)c(CN(CCO)C(=O)OC(C)(C)C)cc2Cl)cccc1-c1cccc(-n2ccc(CN(CCO)C(=O)OC(C)(C)C)cc2=O)c1C. The summed E-state index contributed by atoms with van der Waals surface area (Å²) in [6.07, 6.45) is 3.54. The van der Waals surface area contributed by atoms with Gasteiger partial charge in [-0.3, -0.25) is 14.3 Å². The number of carbonyl (C=O) groups excluding carboxylic acids is 2. The zero-order valence-electron chi connectivity index (χ0n) is 37.6. The fourth-order valence-corrected chi connectivity index (χ4v) is 7.04. The number of pyridine rings is 2. The van der Waals surface area contributed by atoms with Crippen LogP contribution >= 0.6 is 11.6 Å². The van der Waals surface area contributed by atoms with Gasteiger partial charge in [-0.25, -0.2) is 9.59 Å². The van der Waals surface area contributed by atoms with Gasteiger partial charge in [0.05, 0.1) is 36.0 Å². The first-order chi connectivity index (χ1) is 30.3. The van der Waals surface area contributed by atoms with Crippen LogP contribution in [0.15, 0.2) is 90.1 Å². The lowest BCUT2D eigenvalue weighted by molar-refractivity contribution is 0.0192. The van der Waals surface area contributed by atoms with Crippen LogP contribution < -0.4 is 15.0 Å². The summed E-state index contributed by atoms with van der Waals surface area (Å²) >= 11 is 6.86. The van der Waals surface area contributed by atoms with Gasteiger partial charge in [0.1, 0.15) is 42.0 Å². The van der Waals surface area contributed by atoms with E-state index < -0.39 is 23.4 Å². The van der Waals surface area contributed by atoms with Crippen LogP contribution in [-0.4, -0.2) is 79.3 Å². The third-order valence-corrected chi connectivity index (χ3v) is 10.2. The molecule has 2 amide bonds. The van der Waals surface area contributed by atoms with Crippen molar-refractivity contribution in [3.8, 4) is 34.4 Å². The van der Waals surface area contributed by atoms with Gasteiger partial charge < -0.3 is 39.0 Å². The minimum absolute atomic E-state index is 0.00172. The van der Waals surface area contributed by atoms with Gasteiger partial charge in [0.2, 0.25) is 0 Å². The maximum Gasteiger partial charge on any atom is 0.410 e. The van der Waals surface area contributed by atoms with E-state index in [1.165, 1.54) is 22.1 Å². The highest BCUT2D eigenvalue weighted by molar-refractivity contribution is 6.32. The molecule has 0 saturated heterocycles. The average Bonchev–Trinajstić information content (AvgIpc) is 3.22. The Balaban J connectivity index is 1.41. The predicted molar refractivity (Wildman–Crippen MR) is 243 cm³/mol. The van der Waals surface area contributed by atoms with E-state index in [1.807, 2.05) is 50.2 Å². The van der Waals surface area contributed by atoms with Gasteiger partial charge in [-0.2, -0.15) is 5.26 Å². The Kier molecular flexibility index (Phi) is 16.2. The fourth-order valence-electron chi connectivity index (χ4n) is 6.80. The minimum Gasteiger partial charge on any atom is -0.488 e. The molecule has 5 aromatic rings. The first kappa shape index (κ1) is 48.6. The van der Waals surface area contributed by atoms with Crippen LogP contribution in [0.1, 0.15) is 80.5 Å². The largest absolute Gasteiger partial charge is 0.488 e. The van der Waals surface area contributed by atoms with Crippen LogP contribution in [-0.2, 0) is 35.8 Å². The molecular formula is C49H56ClN5O9. The Morgan fingerprint density at radius 1 is 0.750 bits per heavy atom. The van der Waals surface area contributed by atoms with Crippen molar-refractivity contribution in [3.05, 3.63) is 140 Å². The number of carbonyl (C=O) groups is 2. The topological polar surface area (TPSA) is 177 Å². The molecule has 15 heteroatoms. The molecular weight excluding hydrogens is 838 g/mol. The number of hydrogen-bond donors (Lipinski definition) is 2. The molecule has 0 unspecified atom stereocenters. The normalized spacial score (nSPS) is 11.4. The van der Waals surface area contributed by atoms with Crippen molar-refractivity contribution in [3.63, 3.8) is 0 Å². The van der Waals surface area contributed by atoms with Crippen LogP contribution in [0, 0.1) is 25.2 Å². The highest BCUT2D eigenvalue weighted by Gasteiger charge is 2.25. The molecule has 338 valence electrons. The zero-order chi connectivity index (χ0) is 46.8. The van der Waals surface area contributed by atoms with Crippen LogP contribution in [0.2, 0.25) is 5.02 Å². The standard InChI is InChI=1S/C49H56ClN5O9/c1-32-37(11-9-12-39(32)40-13-10-14-42(33(40)2)55-16-15-34(22-45(55)58)28-53(17-19-56)46(59)63-48(3,4)5)31-62-44-24-43(61-30-36-21-35(25-51)26-52-27-36)38(23-41(44)50)29-54(18-20-57)47(60)64-49(6,7)8/h9-16,21-24,26-27,56-57H,17-20,28-31H2,1-8H3. The molecule has 2 N–H and O–H groups in total. The number of rotatable bonds is 16. The molecule has 0 aliphatic heterocycles.